The summed E-state index contributed by atoms with van der Waals surface area (Å²) < 4.78 is 0. The first-order valence-electron chi connectivity index (χ1n) is 9.66. The number of aromatic nitrogens is 1. The molecule has 0 spiro atoms. The van der Waals surface area contributed by atoms with Crippen LogP contribution in [0.5, 0.6) is 0 Å². The second-order valence-electron chi connectivity index (χ2n) is 7.54. The van der Waals surface area contributed by atoms with Gasteiger partial charge in [-0.2, -0.15) is 0 Å². The Hall–Kier alpha value is -2.02. The molecule has 0 aliphatic carbocycles. The van der Waals surface area contributed by atoms with E-state index < -0.39 is 0 Å². The molecule has 0 radical (unpaired) electrons. The Bertz CT molecular complexity index is 910. The van der Waals surface area contributed by atoms with Gasteiger partial charge in [0.15, 0.2) is 0 Å². The molecule has 4 nitrogen and oxygen atoms in total. The highest BCUT2D eigenvalue weighted by atomic mass is 32.1. The molecule has 1 aromatic carbocycles. The highest BCUT2D eigenvalue weighted by molar-refractivity contribution is 7.15. The van der Waals surface area contributed by atoms with E-state index in [-0.39, 0.29) is 5.91 Å². The van der Waals surface area contributed by atoms with Crippen molar-refractivity contribution in [1.82, 2.24) is 15.2 Å². The molecule has 0 atom stereocenters. The van der Waals surface area contributed by atoms with Crippen molar-refractivity contribution in [3.63, 3.8) is 0 Å². The van der Waals surface area contributed by atoms with Gasteiger partial charge in [0.05, 0.1) is 16.3 Å². The summed E-state index contributed by atoms with van der Waals surface area (Å²) in [6, 6.07) is 13.0. The number of likely N-dealkylation sites (tertiary alicyclic amines) is 1. The molecular weight excluding hydrogens is 386 g/mol. The third-order valence-corrected chi connectivity index (χ3v) is 7.24. The molecule has 0 saturated carbocycles. The molecule has 3 aromatic rings. The number of amides is 1. The summed E-state index contributed by atoms with van der Waals surface area (Å²) in [6.07, 6.45) is 2.45. The number of thiophene rings is 1. The number of nitrogens with zero attached hydrogens (tertiary/aromatic N) is 2. The Morgan fingerprint density at radius 3 is 2.71 bits per heavy atom. The van der Waals surface area contributed by atoms with Gasteiger partial charge in [-0.05, 0) is 36.4 Å². The molecule has 1 fully saturated rings. The van der Waals surface area contributed by atoms with Crippen LogP contribution in [0.25, 0.3) is 10.4 Å². The fraction of sp³-hybridized carbons (Fsp3) is 0.364. The Balaban J connectivity index is 1.30. The molecular formula is C22H25N3OS2. The van der Waals surface area contributed by atoms with Crippen LogP contribution in [-0.2, 0) is 17.8 Å². The fourth-order valence-corrected chi connectivity index (χ4v) is 5.03. The first kappa shape index (κ1) is 19.3. The molecule has 0 unspecified atom stereocenters. The number of benzene rings is 1. The quantitative estimate of drug-likeness (QED) is 0.621. The lowest BCUT2D eigenvalue weighted by Gasteiger charge is -2.41. The van der Waals surface area contributed by atoms with Gasteiger partial charge in [0, 0.05) is 42.7 Å². The van der Waals surface area contributed by atoms with Crippen LogP contribution in [0.2, 0.25) is 0 Å². The van der Waals surface area contributed by atoms with Crippen molar-refractivity contribution in [2.24, 2.45) is 0 Å². The topological polar surface area (TPSA) is 45.2 Å². The van der Waals surface area contributed by atoms with E-state index in [0.717, 1.165) is 23.5 Å². The minimum Gasteiger partial charge on any atom is -0.352 e. The second kappa shape index (κ2) is 8.55. The summed E-state index contributed by atoms with van der Waals surface area (Å²) in [6.45, 7) is 7.29. The molecule has 1 saturated heterocycles. The van der Waals surface area contributed by atoms with Crippen LogP contribution in [0.4, 0.5) is 0 Å². The molecule has 1 N–H and O–H groups in total. The third-order valence-electron chi connectivity index (χ3n) is 5.16. The Kier molecular flexibility index (Phi) is 5.90. The van der Waals surface area contributed by atoms with Gasteiger partial charge in [0.25, 0.3) is 0 Å². The normalized spacial score (nSPS) is 15.0. The van der Waals surface area contributed by atoms with E-state index in [1.54, 1.807) is 22.7 Å². The number of carbonyl (C=O) groups is 1. The Morgan fingerprint density at radius 1 is 1.25 bits per heavy atom. The number of rotatable bonds is 7. The highest BCUT2D eigenvalue weighted by Gasteiger charge is 2.31. The maximum atomic E-state index is 12.0. The minimum atomic E-state index is 0.0644. The van der Waals surface area contributed by atoms with Gasteiger partial charge < -0.3 is 5.32 Å². The standard InChI is InChI=1S/C22H25N3OS2/c1-15(2)25-13-18(14-25)22-24-12-20(28-22)17-7-5-16(6-8-17)11-23-21(26)10-19-4-3-9-27-19/h3-9,12,15,18H,10-11,13-14H2,1-2H3,(H,23,26). The Labute approximate surface area is 174 Å². The maximum Gasteiger partial charge on any atom is 0.225 e. The van der Waals surface area contributed by atoms with Crippen LogP contribution < -0.4 is 5.32 Å². The van der Waals surface area contributed by atoms with E-state index in [9.17, 15) is 4.79 Å². The highest BCUT2D eigenvalue weighted by Crippen LogP contribution is 2.35. The van der Waals surface area contributed by atoms with Crippen molar-refractivity contribution in [1.29, 1.82) is 0 Å². The van der Waals surface area contributed by atoms with E-state index in [1.807, 2.05) is 23.7 Å². The van der Waals surface area contributed by atoms with E-state index >= 15 is 0 Å². The lowest BCUT2D eigenvalue weighted by atomic mass is 9.99. The van der Waals surface area contributed by atoms with E-state index in [1.165, 1.54) is 15.4 Å². The molecule has 6 heteroatoms. The molecule has 1 amide bonds. The number of hydrogen-bond donors (Lipinski definition) is 1. The van der Waals surface area contributed by atoms with Gasteiger partial charge in [0.1, 0.15) is 0 Å². The number of nitrogens with one attached hydrogen (secondary N) is 1. The van der Waals surface area contributed by atoms with Gasteiger partial charge in [-0.25, -0.2) is 4.98 Å². The summed E-state index contributed by atoms with van der Waals surface area (Å²) in [5, 5.41) is 6.24. The predicted molar refractivity (Wildman–Crippen MR) is 117 cm³/mol. The van der Waals surface area contributed by atoms with Gasteiger partial charge in [-0.1, -0.05) is 30.3 Å². The maximum absolute atomic E-state index is 12.0. The molecule has 1 aliphatic heterocycles. The van der Waals surface area contributed by atoms with Gasteiger partial charge in [0.2, 0.25) is 5.91 Å². The average Bonchev–Trinajstić information content (AvgIpc) is 3.31. The third kappa shape index (κ3) is 4.51. The first-order valence-corrected chi connectivity index (χ1v) is 11.4. The monoisotopic (exact) mass is 411 g/mol. The van der Waals surface area contributed by atoms with Gasteiger partial charge in [-0.15, -0.1) is 22.7 Å². The molecule has 3 heterocycles. The van der Waals surface area contributed by atoms with Crippen LogP contribution in [0.1, 0.15) is 35.2 Å². The lowest BCUT2D eigenvalue weighted by molar-refractivity contribution is -0.120. The smallest absolute Gasteiger partial charge is 0.225 e. The van der Waals surface area contributed by atoms with Crippen LogP contribution in [0, 0.1) is 0 Å². The van der Waals surface area contributed by atoms with Crippen molar-refractivity contribution in [2.45, 2.75) is 38.8 Å². The van der Waals surface area contributed by atoms with Crippen molar-refractivity contribution >= 4 is 28.6 Å². The zero-order valence-electron chi connectivity index (χ0n) is 16.2. The van der Waals surface area contributed by atoms with Crippen LogP contribution in [0.15, 0.2) is 48.0 Å². The van der Waals surface area contributed by atoms with Crippen molar-refractivity contribution in [2.75, 3.05) is 13.1 Å². The van der Waals surface area contributed by atoms with Gasteiger partial charge >= 0.3 is 0 Å². The summed E-state index contributed by atoms with van der Waals surface area (Å²) in [5.74, 6) is 0.647. The summed E-state index contributed by atoms with van der Waals surface area (Å²) in [4.78, 5) is 21.5. The number of carbonyl (C=O) groups excluding carboxylic acids is 1. The zero-order valence-corrected chi connectivity index (χ0v) is 17.9. The van der Waals surface area contributed by atoms with E-state index in [4.69, 9.17) is 0 Å². The Morgan fingerprint density at radius 2 is 2.04 bits per heavy atom. The predicted octanol–water partition coefficient (Wildman–Crippen LogP) is 4.54. The summed E-state index contributed by atoms with van der Waals surface area (Å²) >= 11 is 3.42. The summed E-state index contributed by atoms with van der Waals surface area (Å²) in [5.41, 5.74) is 2.30. The number of thiazole rings is 1. The second-order valence-corrected chi connectivity index (χ2v) is 9.63. The first-order chi connectivity index (χ1) is 13.6. The van der Waals surface area contributed by atoms with Crippen molar-refractivity contribution in [3.05, 3.63) is 63.4 Å². The van der Waals surface area contributed by atoms with Crippen LogP contribution >= 0.6 is 22.7 Å². The SMILES string of the molecule is CC(C)N1CC(c2ncc(-c3ccc(CNC(=O)Cc4cccs4)cc3)s2)C1. The average molecular weight is 412 g/mol. The van der Waals surface area contributed by atoms with Crippen molar-refractivity contribution < 1.29 is 4.79 Å². The molecule has 0 bridgehead atoms. The molecule has 146 valence electrons. The molecule has 4 rings (SSSR count). The van der Waals surface area contributed by atoms with Crippen LogP contribution in [-0.4, -0.2) is 34.9 Å². The summed E-state index contributed by atoms with van der Waals surface area (Å²) in [7, 11) is 0. The minimum absolute atomic E-state index is 0.0644. The van der Waals surface area contributed by atoms with Gasteiger partial charge in [-0.3, -0.25) is 9.69 Å². The van der Waals surface area contributed by atoms with E-state index in [2.05, 4.69) is 53.3 Å². The molecule has 1 aliphatic rings. The molecule has 2 aromatic heterocycles. The zero-order chi connectivity index (χ0) is 19.5. The van der Waals surface area contributed by atoms with E-state index in [0.29, 0.717) is 24.9 Å². The lowest BCUT2D eigenvalue weighted by Crippen LogP contribution is -2.48. The molecule has 28 heavy (non-hydrogen) atoms. The van der Waals surface area contributed by atoms with Crippen LogP contribution in [0.3, 0.4) is 0 Å². The largest absolute Gasteiger partial charge is 0.352 e. The fourth-order valence-electron chi connectivity index (χ4n) is 3.32. The van der Waals surface area contributed by atoms with Crippen molar-refractivity contribution in [3.8, 4) is 10.4 Å². The number of hydrogen-bond acceptors (Lipinski definition) is 5.